The van der Waals surface area contributed by atoms with E-state index >= 15 is 0 Å². The molecule has 0 aromatic rings. The van der Waals surface area contributed by atoms with Crippen LogP contribution in [0.4, 0.5) is 0 Å². The molecule has 8 heteroatoms. The molecule has 0 fully saturated rings. The Bertz CT molecular complexity index is 1090. The lowest BCUT2D eigenvalue weighted by molar-refractivity contribution is -0.887. The van der Waals surface area contributed by atoms with Crippen molar-refractivity contribution in [1.29, 1.82) is 0 Å². The first-order valence-electron chi connectivity index (χ1n) is 23.7. The third-order valence-corrected chi connectivity index (χ3v) is 10.5. The summed E-state index contributed by atoms with van der Waals surface area (Å²) in [6.45, 7) is 4.67. The van der Waals surface area contributed by atoms with Crippen molar-refractivity contribution >= 4 is 17.9 Å². The van der Waals surface area contributed by atoms with Crippen molar-refractivity contribution in [2.45, 2.75) is 212 Å². The highest BCUT2D eigenvalue weighted by molar-refractivity contribution is 5.72. The fraction of sp³-hybridized carbons (Fsp3) is 0.780. The molecule has 8 nitrogen and oxygen atoms in total. The maximum Gasteiger partial charge on any atom is 0.362 e. The molecule has 0 bridgehead atoms. The smallest absolute Gasteiger partial charge is 0.362 e. The van der Waals surface area contributed by atoms with E-state index in [9.17, 15) is 19.5 Å². The predicted molar refractivity (Wildman–Crippen MR) is 243 cm³/mol. The normalized spacial score (nSPS) is 13.3. The molecule has 1 N–H and O–H groups in total. The zero-order valence-corrected chi connectivity index (χ0v) is 38.2. The summed E-state index contributed by atoms with van der Waals surface area (Å²) in [5, 5.41) is 9.62. The first-order valence-corrected chi connectivity index (χ1v) is 23.7. The molecule has 0 amide bonds. The van der Waals surface area contributed by atoms with Crippen molar-refractivity contribution in [3.05, 3.63) is 48.6 Å². The van der Waals surface area contributed by atoms with Gasteiger partial charge in [0.05, 0.1) is 34.4 Å². The Morgan fingerprint density at radius 1 is 0.517 bits per heavy atom. The number of hydrogen-bond donors (Lipinski definition) is 1. The Hall–Kier alpha value is -2.71. The lowest BCUT2D eigenvalue weighted by Gasteiger charge is -2.31. The maximum absolute atomic E-state index is 12.7. The first-order chi connectivity index (χ1) is 28.1. The second kappa shape index (κ2) is 41.0. The molecule has 0 aliphatic heterocycles. The minimum atomic E-state index is -0.878. The summed E-state index contributed by atoms with van der Waals surface area (Å²) in [5.41, 5.74) is 0. The number of ether oxygens (including phenoxy) is 3. The Balaban J connectivity index is 4.25. The number of allylic oxidation sites excluding steroid dienone is 8. The second-order valence-electron chi connectivity index (χ2n) is 17.0. The van der Waals surface area contributed by atoms with E-state index in [0.29, 0.717) is 19.3 Å². The fourth-order valence-electron chi connectivity index (χ4n) is 6.74. The molecule has 0 saturated heterocycles. The molecule has 2 atom stereocenters. The highest BCUT2D eigenvalue weighted by Gasteiger charge is 2.31. The van der Waals surface area contributed by atoms with Crippen LogP contribution in [0.5, 0.6) is 0 Å². The van der Waals surface area contributed by atoms with E-state index in [0.717, 1.165) is 64.2 Å². The standard InChI is InChI=1S/C50H89NO7/c1-6-8-10-12-14-16-18-20-21-22-23-24-25-26-27-28-29-31-32-34-36-38-40-48(52)57-45-46(44-56-43-42-47(50(54)55)51(3,4)5)58-49(53)41-39-37-35-33-30-19-17-15-13-11-9-7-2/h14-17,20-21,23-24,46-47H,6-13,18-19,22,25-45H2,1-5H3/p+1/b16-14+,17-15+,21-20+,24-23+. The van der Waals surface area contributed by atoms with Gasteiger partial charge in [0.25, 0.3) is 0 Å². The predicted octanol–water partition coefficient (Wildman–Crippen LogP) is 13.2. The fourth-order valence-corrected chi connectivity index (χ4v) is 6.74. The summed E-state index contributed by atoms with van der Waals surface area (Å²) in [7, 11) is 5.52. The van der Waals surface area contributed by atoms with Crippen molar-refractivity contribution in [3.8, 4) is 0 Å². The van der Waals surface area contributed by atoms with Gasteiger partial charge < -0.3 is 23.8 Å². The van der Waals surface area contributed by atoms with Gasteiger partial charge in [0.2, 0.25) is 0 Å². The molecule has 2 unspecified atom stereocenters. The number of carbonyl (C=O) groups excluding carboxylic acids is 2. The number of unbranched alkanes of at least 4 members (excludes halogenated alkanes) is 20. The van der Waals surface area contributed by atoms with E-state index in [1.807, 2.05) is 21.1 Å². The third-order valence-electron chi connectivity index (χ3n) is 10.5. The highest BCUT2D eigenvalue weighted by Crippen LogP contribution is 2.14. The molecule has 58 heavy (non-hydrogen) atoms. The van der Waals surface area contributed by atoms with Gasteiger partial charge in [-0.05, 0) is 77.0 Å². The van der Waals surface area contributed by atoms with Crippen LogP contribution in [-0.4, -0.2) is 80.6 Å². The zero-order valence-electron chi connectivity index (χ0n) is 38.2. The Labute approximate surface area is 356 Å². The molecular formula is C50H90NO7+. The molecule has 0 aliphatic carbocycles. The SMILES string of the molecule is CCCCC/C=C/C/C=C/C/C=C/CCCCCCCCCCCC(=O)OCC(COCCC(C(=O)O)[N+](C)(C)C)OC(=O)CCCCCCC/C=C/CCCCC. The number of esters is 2. The summed E-state index contributed by atoms with van der Waals surface area (Å²) in [6, 6.07) is -0.617. The van der Waals surface area contributed by atoms with Crippen LogP contribution in [0.2, 0.25) is 0 Å². The number of aliphatic carboxylic acids is 1. The van der Waals surface area contributed by atoms with Gasteiger partial charge in [-0.1, -0.05) is 152 Å². The zero-order chi connectivity index (χ0) is 42.8. The van der Waals surface area contributed by atoms with Gasteiger partial charge in [-0.25, -0.2) is 4.79 Å². The number of carboxylic acid groups (broad SMARTS) is 1. The van der Waals surface area contributed by atoms with Gasteiger partial charge in [0.1, 0.15) is 6.61 Å². The molecule has 0 aromatic heterocycles. The number of rotatable bonds is 42. The topological polar surface area (TPSA) is 99.1 Å². The highest BCUT2D eigenvalue weighted by atomic mass is 16.6. The van der Waals surface area contributed by atoms with Crippen molar-refractivity contribution in [1.82, 2.24) is 0 Å². The largest absolute Gasteiger partial charge is 0.477 e. The van der Waals surface area contributed by atoms with Gasteiger partial charge in [-0.3, -0.25) is 9.59 Å². The average molecular weight is 817 g/mol. The van der Waals surface area contributed by atoms with Crippen molar-refractivity contribution in [3.63, 3.8) is 0 Å². The monoisotopic (exact) mass is 817 g/mol. The van der Waals surface area contributed by atoms with Crippen molar-refractivity contribution in [2.75, 3.05) is 41.0 Å². The molecule has 0 saturated carbocycles. The Morgan fingerprint density at radius 3 is 1.36 bits per heavy atom. The molecule has 0 radical (unpaired) electrons. The van der Waals surface area contributed by atoms with Crippen molar-refractivity contribution in [2.24, 2.45) is 0 Å². The second-order valence-corrected chi connectivity index (χ2v) is 17.0. The quantitative estimate of drug-likeness (QED) is 0.0283. The number of hydrogen-bond acceptors (Lipinski definition) is 6. The van der Waals surface area contributed by atoms with Gasteiger partial charge in [-0.15, -0.1) is 0 Å². The van der Waals surface area contributed by atoms with E-state index in [2.05, 4.69) is 62.5 Å². The van der Waals surface area contributed by atoms with Gasteiger partial charge in [-0.2, -0.15) is 0 Å². The average Bonchev–Trinajstić information content (AvgIpc) is 3.18. The maximum atomic E-state index is 12.7. The van der Waals surface area contributed by atoms with Crippen LogP contribution < -0.4 is 0 Å². The molecule has 0 heterocycles. The van der Waals surface area contributed by atoms with E-state index in [1.54, 1.807) is 0 Å². The summed E-state index contributed by atoms with van der Waals surface area (Å²) >= 11 is 0. The van der Waals surface area contributed by atoms with E-state index in [1.165, 1.54) is 103 Å². The van der Waals surface area contributed by atoms with Crippen molar-refractivity contribution < 1.29 is 38.2 Å². The minimum absolute atomic E-state index is 0.0559. The minimum Gasteiger partial charge on any atom is -0.477 e. The van der Waals surface area contributed by atoms with Crippen LogP contribution >= 0.6 is 0 Å². The molecule has 0 aliphatic rings. The lowest BCUT2D eigenvalue weighted by atomic mass is 10.1. The number of quaternary nitrogens is 1. The summed E-state index contributed by atoms with van der Waals surface area (Å²) < 4.78 is 17.3. The Kier molecular flexibility index (Phi) is 39.1. The van der Waals surface area contributed by atoms with Gasteiger partial charge in [0, 0.05) is 19.3 Å². The lowest BCUT2D eigenvalue weighted by Crippen LogP contribution is -2.50. The van der Waals surface area contributed by atoms with Crippen LogP contribution in [0.3, 0.4) is 0 Å². The Morgan fingerprint density at radius 2 is 0.914 bits per heavy atom. The summed E-state index contributed by atoms with van der Waals surface area (Å²) in [5.74, 6) is -1.48. The van der Waals surface area contributed by atoms with E-state index in [-0.39, 0.29) is 36.2 Å². The molecular weight excluding hydrogens is 727 g/mol. The molecule has 0 rings (SSSR count). The molecule has 336 valence electrons. The van der Waals surface area contributed by atoms with Crippen LogP contribution in [0.1, 0.15) is 200 Å². The number of carbonyl (C=O) groups is 3. The first kappa shape index (κ1) is 55.3. The van der Waals surface area contributed by atoms with Gasteiger partial charge in [0.15, 0.2) is 12.1 Å². The number of nitrogens with zero attached hydrogens (tertiary/aromatic N) is 1. The molecule has 0 aromatic carbocycles. The van der Waals surface area contributed by atoms with Gasteiger partial charge >= 0.3 is 17.9 Å². The van der Waals surface area contributed by atoms with Crippen LogP contribution in [-0.2, 0) is 28.6 Å². The number of likely N-dealkylation sites (N-methyl/N-ethyl adjacent to an activating group) is 1. The van der Waals surface area contributed by atoms with E-state index < -0.39 is 18.1 Å². The van der Waals surface area contributed by atoms with Crippen LogP contribution in [0.25, 0.3) is 0 Å². The summed E-state index contributed by atoms with van der Waals surface area (Å²) in [6.07, 6.45) is 48.7. The third kappa shape index (κ3) is 38.8. The van der Waals surface area contributed by atoms with Crippen LogP contribution in [0.15, 0.2) is 48.6 Å². The van der Waals surface area contributed by atoms with Crippen LogP contribution in [0, 0.1) is 0 Å². The van der Waals surface area contributed by atoms with E-state index in [4.69, 9.17) is 14.2 Å². The number of carboxylic acids is 1. The molecule has 0 spiro atoms. The summed E-state index contributed by atoms with van der Waals surface area (Å²) in [4.78, 5) is 37.0.